The van der Waals surface area contributed by atoms with Crippen molar-refractivity contribution < 1.29 is 17.6 Å². The monoisotopic (exact) mass is 498 g/mol. The highest BCUT2D eigenvalue weighted by Gasteiger charge is 2.50. The maximum absolute atomic E-state index is 14.7. The van der Waals surface area contributed by atoms with E-state index in [9.17, 15) is 17.6 Å². The van der Waals surface area contributed by atoms with Gasteiger partial charge >= 0.3 is 0 Å². The van der Waals surface area contributed by atoms with Crippen molar-refractivity contribution >= 4 is 36.1 Å². The van der Waals surface area contributed by atoms with Crippen LogP contribution in [0.4, 0.5) is 23.5 Å². The van der Waals surface area contributed by atoms with Crippen molar-refractivity contribution in [2.24, 2.45) is 0 Å². The lowest BCUT2D eigenvalue weighted by molar-refractivity contribution is -0.00421. The highest BCUT2D eigenvalue weighted by Crippen LogP contribution is 2.35. The van der Waals surface area contributed by atoms with Crippen molar-refractivity contribution in [3.8, 4) is 11.3 Å². The number of aryl methyl sites for hydroxylation is 1. The van der Waals surface area contributed by atoms with Crippen LogP contribution in [-0.2, 0) is 6.54 Å². The van der Waals surface area contributed by atoms with E-state index in [1.807, 2.05) is 4.90 Å². The predicted molar refractivity (Wildman–Crippen MR) is 127 cm³/mol. The summed E-state index contributed by atoms with van der Waals surface area (Å²) >= 11 is 0. The van der Waals surface area contributed by atoms with Crippen LogP contribution in [0, 0.1) is 6.92 Å². The lowest BCUT2D eigenvalue weighted by atomic mass is 9.92. The van der Waals surface area contributed by atoms with Gasteiger partial charge in [-0.05, 0) is 38.0 Å². The fourth-order valence-electron chi connectivity index (χ4n) is 5.09. The van der Waals surface area contributed by atoms with Crippen molar-refractivity contribution in [2.45, 2.75) is 57.2 Å². The third-order valence-corrected chi connectivity index (χ3v) is 7.15. The Morgan fingerprint density at radius 1 is 1.17 bits per heavy atom. The fraction of sp³-hybridized carbons (Fsp3) is 0.478. The molecule has 1 unspecified atom stereocenters. The summed E-state index contributed by atoms with van der Waals surface area (Å²) in [7, 11) is 6.25. The number of rotatable bonds is 6. The van der Waals surface area contributed by atoms with Gasteiger partial charge in [0.2, 0.25) is 5.95 Å². The first-order valence-corrected chi connectivity index (χ1v) is 11.9. The van der Waals surface area contributed by atoms with Gasteiger partial charge < -0.3 is 9.88 Å². The van der Waals surface area contributed by atoms with Gasteiger partial charge in [-0.15, -0.1) is 5.10 Å². The van der Waals surface area contributed by atoms with Crippen LogP contribution in [0.15, 0.2) is 24.4 Å². The van der Waals surface area contributed by atoms with Gasteiger partial charge in [0, 0.05) is 29.9 Å². The highest BCUT2D eigenvalue weighted by molar-refractivity contribution is 6.36. The number of imidazole rings is 1. The molecule has 2 aliphatic rings. The van der Waals surface area contributed by atoms with Gasteiger partial charge in [-0.3, -0.25) is 4.90 Å². The second kappa shape index (κ2) is 8.43. The molecule has 13 heteroatoms. The second-order valence-electron chi connectivity index (χ2n) is 9.52. The molecule has 186 valence electrons. The van der Waals surface area contributed by atoms with Crippen LogP contribution in [0.1, 0.15) is 25.1 Å². The predicted octanol–water partition coefficient (Wildman–Crippen LogP) is 2.79. The topological polar surface area (TPSA) is 76.2 Å². The van der Waals surface area contributed by atoms with Crippen LogP contribution in [0.2, 0.25) is 0 Å². The normalized spacial score (nSPS) is 20.6. The SMILES string of the molecule is [B]c1nc(NC2CN(C3CCC3)CC2(F)F)nn2ccc(-c3ccc4nc(C)n(CC(F)F)c4n3)c12. The van der Waals surface area contributed by atoms with Gasteiger partial charge in [0.1, 0.15) is 25.2 Å². The molecule has 4 aromatic rings. The largest absolute Gasteiger partial charge is 0.343 e. The maximum atomic E-state index is 14.7. The summed E-state index contributed by atoms with van der Waals surface area (Å²) in [5.41, 5.74) is 2.44. The van der Waals surface area contributed by atoms with Crippen LogP contribution in [0.25, 0.3) is 27.9 Å². The molecule has 8 nitrogen and oxygen atoms in total. The molecule has 0 bridgehead atoms. The smallest absolute Gasteiger partial charge is 0.281 e. The van der Waals surface area contributed by atoms with Crippen molar-refractivity contribution in [1.29, 1.82) is 0 Å². The van der Waals surface area contributed by atoms with Crippen LogP contribution < -0.4 is 10.9 Å². The van der Waals surface area contributed by atoms with Crippen LogP contribution >= 0.6 is 0 Å². The molecule has 0 spiro atoms. The number of anilines is 1. The zero-order valence-corrected chi connectivity index (χ0v) is 19.5. The van der Waals surface area contributed by atoms with E-state index >= 15 is 0 Å². The summed E-state index contributed by atoms with van der Waals surface area (Å²) in [6.07, 6.45) is 2.06. The minimum absolute atomic E-state index is 0.0105. The van der Waals surface area contributed by atoms with Crippen LogP contribution in [0.3, 0.4) is 0 Å². The average molecular weight is 498 g/mol. The van der Waals surface area contributed by atoms with E-state index in [-0.39, 0.29) is 30.7 Å². The van der Waals surface area contributed by atoms with Gasteiger partial charge in [0.15, 0.2) is 5.65 Å². The van der Waals surface area contributed by atoms with Gasteiger partial charge in [-0.2, -0.15) is 0 Å². The Morgan fingerprint density at radius 3 is 2.69 bits per heavy atom. The number of nitrogens with one attached hydrogen (secondary N) is 1. The minimum atomic E-state index is -2.91. The van der Waals surface area contributed by atoms with E-state index in [1.54, 1.807) is 31.3 Å². The third kappa shape index (κ3) is 3.89. The molecule has 1 aliphatic heterocycles. The van der Waals surface area contributed by atoms with E-state index in [0.717, 1.165) is 19.3 Å². The Labute approximate surface area is 205 Å². The minimum Gasteiger partial charge on any atom is -0.343 e. The first-order valence-electron chi connectivity index (χ1n) is 11.9. The molecule has 5 heterocycles. The maximum Gasteiger partial charge on any atom is 0.281 e. The number of aromatic nitrogens is 6. The van der Waals surface area contributed by atoms with Gasteiger partial charge in [-0.25, -0.2) is 37.0 Å². The van der Waals surface area contributed by atoms with Crippen molar-refractivity contribution in [3.63, 3.8) is 0 Å². The highest BCUT2D eigenvalue weighted by atomic mass is 19.3. The lowest BCUT2D eigenvalue weighted by Crippen LogP contribution is -2.39. The number of pyridine rings is 1. The van der Waals surface area contributed by atoms with Crippen molar-refractivity contribution in [3.05, 3.63) is 30.2 Å². The summed E-state index contributed by atoms with van der Waals surface area (Å²) in [4.78, 5) is 15.0. The van der Waals surface area contributed by atoms with Crippen LogP contribution in [0.5, 0.6) is 0 Å². The summed E-state index contributed by atoms with van der Waals surface area (Å²) in [5.74, 6) is -2.46. The van der Waals surface area contributed by atoms with Gasteiger partial charge in [0.05, 0.1) is 24.3 Å². The Kier molecular flexibility index (Phi) is 5.43. The van der Waals surface area contributed by atoms with E-state index < -0.39 is 24.9 Å². The van der Waals surface area contributed by atoms with E-state index in [4.69, 9.17) is 7.85 Å². The van der Waals surface area contributed by atoms with Crippen LogP contribution in [-0.4, -0.2) is 79.4 Å². The fourth-order valence-corrected chi connectivity index (χ4v) is 5.09. The molecule has 1 saturated heterocycles. The van der Waals surface area contributed by atoms with E-state index in [0.29, 0.717) is 33.8 Å². The third-order valence-electron chi connectivity index (χ3n) is 7.15. The molecule has 2 fully saturated rings. The molecule has 1 aliphatic carbocycles. The van der Waals surface area contributed by atoms with Crippen molar-refractivity contribution in [2.75, 3.05) is 18.4 Å². The number of hydrogen-bond donors (Lipinski definition) is 1. The Balaban J connectivity index is 1.31. The molecule has 36 heavy (non-hydrogen) atoms. The molecular weight excluding hydrogens is 475 g/mol. The average Bonchev–Trinajstić information content (AvgIpc) is 3.41. The van der Waals surface area contributed by atoms with Gasteiger partial charge in [-0.1, -0.05) is 6.42 Å². The van der Waals surface area contributed by atoms with E-state index in [2.05, 4.69) is 25.4 Å². The number of likely N-dealkylation sites (tertiary alicyclic amines) is 1. The quantitative estimate of drug-likeness (QED) is 0.326. The molecule has 1 saturated carbocycles. The Hall–Kier alpha value is -3.22. The summed E-state index contributed by atoms with van der Waals surface area (Å²) in [6, 6.07) is 4.25. The molecule has 2 radical (unpaired) electrons. The second-order valence-corrected chi connectivity index (χ2v) is 9.52. The van der Waals surface area contributed by atoms with Gasteiger partial charge in [0.25, 0.3) is 12.3 Å². The molecule has 0 aromatic carbocycles. The first-order chi connectivity index (χ1) is 17.2. The summed E-state index contributed by atoms with van der Waals surface area (Å²) in [5, 5.41) is 7.14. The summed E-state index contributed by atoms with van der Waals surface area (Å²) in [6.45, 7) is 1.07. The van der Waals surface area contributed by atoms with E-state index in [1.165, 1.54) is 9.08 Å². The Morgan fingerprint density at radius 2 is 1.97 bits per heavy atom. The van der Waals surface area contributed by atoms with Crippen molar-refractivity contribution in [1.82, 2.24) is 34.0 Å². The number of halogens is 4. The number of hydrogen-bond acceptors (Lipinski definition) is 6. The first kappa shape index (κ1) is 23.2. The molecule has 6 rings (SSSR count). The molecule has 1 atom stereocenters. The molecule has 4 aromatic heterocycles. The molecular formula is C23H23BF4N8. The number of nitrogens with zero attached hydrogens (tertiary/aromatic N) is 7. The zero-order valence-electron chi connectivity index (χ0n) is 19.5. The lowest BCUT2D eigenvalue weighted by Gasteiger charge is -2.34. The summed E-state index contributed by atoms with van der Waals surface area (Å²) < 4.78 is 58.4. The number of alkyl halides is 4. The molecule has 0 amide bonds. The zero-order chi connectivity index (χ0) is 25.2. The Bertz CT molecular complexity index is 1450. The standard InChI is InChI=1S/C23H23BF4N8/c1-12-29-16-6-5-15(30-21(16)35(12)10-18(25)26)14-7-8-36-19(14)20(24)32-22(33-36)31-17-9-34(11-23(17,27)28)13-3-2-4-13/h5-8,13,17-18H,2-4,9-11H2,1H3,(H,31,33). The number of fused-ring (bicyclic) bond motifs is 2. The molecule has 1 N–H and O–H groups in total.